The van der Waals surface area contributed by atoms with Gasteiger partial charge in [0.1, 0.15) is 6.04 Å². The van der Waals surface area contributed by atoms with Crippen LogP contribution >= 0.6 is 0 Å². The maximum atomic E-state index is 12.1. The number of hydrogen-bond acceptors (Lipinski definition) is 4. The van der Waals surface area contributed by atoms with E-state index in [1.54, 1.807) is 6.92 Å². The van der Waals surface area contributed by atoms with E-state index in [4.69, 9.17) is 15.6 Å². The van der Waals surface area contributed by atoms with Crippen molar-refractivity contribution in [3.05, 3.63) is 0 Å². The number of carboxylic acids is 1. The molecule has 2 amide bonds. The van der Waals surface area contributed by atoms with Crippen molar-refractivity contribution in [2.75, 3.05) is 0 Å². The molecule has 1 rings (SSSR count). The Kier molecular flexibility index (Phi) is 4.88. The van der Waals surface area contributed by atoms with Gasteiger partial charge < -0.3 is 20.9 Å². The fraction of sp³-hybridized carbons (Fsp3) is 0.750. The normalized spacial score (nSPS) is 31.7. The van der Waals surface area contributed by atoms with Crippen molar-refractivity contribution in [1.29, 1.82) is 0 Å². The standard InChI is InChI=1S/C12H20N2O5/c1-5-6(2)19-7(3)10(5)11(16)14-8(12(17)18)4-9(13)15/h5-8,10H,4H2,1-3H3,(H2,13,15)(H,14,16)(H,17,18)/t5?,6?,7?,8-,10?/m1/s1. The van der Waals surface area contributed by atoms with Crippen LogP contribution < -0.4 is 11.1 Å². The molecule has 4 N–H and O–H groups in total. The zero-order valence-corrected chi connectivity index (χ0v) is 11.3. The number of nitrogens with two attached hydrogens (primary N) is 1. The van der Waals surface area contributed by atoms with Gasteiger partial charge in [-0.2, -0.15) is 0 Å². The summed E-state index contributed by atoms with van der Waals surface area (Å²) >= 11 is 0. The first-order valence-electron chi connectivity index (χ1n) is 6.21. The van der Waals surface area contributed by atoms with E-state index in [9.17, 15) is 14.4 Å². The smallest absolute Gasteiger partial charge is 0.326 e. The summed E-state index contributed by atoms with van der Waals surface area (Å²) < 4.78 is 5.53. The van der Waals surface area contributed by atoms with E-state index in [-0.39, 0.29) is 18.1 Å². The zero-order chi connectivity index (χ0) is 14.7. The summed E-state index contributed by atoms with van der Waals surface area (Å²) in [5, 5.41) is 11.3. The third-order valence-electron chi connectivity index (χ3n) is 3.56. The Labute approximate surface area is 111 Å². The fourth-order valence-electron chi connectivity index (χ4n) is 2.39. The quantitative estimate of drug-likeness (QED) is 0.623. The van der Waals surface area contributed by atoms with E-state index in [2.05, 4.69) is 5.32 Å². The molecule has 0 aromatic heterocycles. The number of carbonyl (C=O) groups excluding carboxylic acids is 2. The zero-order valence-electron chi connectivity index (χ0n) is 11.3. The highest BCUT2D eigenvalue weighted by Crippen LogP contribution is 2.32. The molecule has 1 heterocycles. The maximum absolute atomic E-state index is 12.1. The summed E-state index contributed by atoms with van der Waals surface area (Å²) in [5.41, 5.74) is 4.96. The van der Waals surface area contributed by atoms with Crippen LogP contribution in [0.25, 0.3) is 0 Å². The number of aliphatic carboxylic acids is 1. The molecular formula is C12H20N2O5. The van der Waals surface area contributed by atoms with Gasteiger partial charge in [0.2, 0.25) is 11.8 Å². The molecule has 0 aromatic rings. The third-order valence-corrected chi connectivity index (χ3v) is 3.56. The number of ether oxygens (including phenoxy) is 1. The lowest BCUT2D eigenvalue weighted by atomic mass is 9.88. The number of hydrogen-bond donors (Lipinski definition) is 3. The molecule has 0 radical (unpaired) electrons. The molecule has 0 spiro atoms. The van der Waals surface area contributed by atoms with E-state index >= 15 is 0 Å². The Morgan fingerprint density at radius 1 is 1.26 bits per heavy atom. The first kappa shape index (κ1) is 15.4. The van der Waals surface area contributed by atoms with Gasteiger partial charge in [-0.25, -0.2) is 4.79 Å². The van der Waals surface area contributed by atoms with Crippen molar-refractivity contribution < 1.29 is 24.2 Å². The number of rotatable bonds is 5. The molecule has 0 aliphatic carbocycles. The molecule has 19 heavy (non-hydrogen) atoms. The number of primary amides is 1. The van der Waals surface area contributed by atoms with Crippen molar-refractivity contribution >= 4 is 17.8 Å². The molecule has 0 bridgehead atoms. The van der Waals surface area contributed by atoms with Crippen molar-refractivity contribution in [3.8, 4) is 0 Å². The summed E-state index contributed by atoms with van der Waals surface area (Å²) in [5.74, 6) is -2.91. The molecule has 0 saturated carbocycles. The second-order valence-corrected chi connectivity index (χ2v) is 5.00. The van der Waals surface area contributed by atoms with Gasteiger partial charge in [0.25, 0.3) is 0 Å². The van der Waals surface area contributed by atoms with Gasteiger partial charge in [-0.05, 0) is 19.8 Å². The topological polar surface area (TPSA) is 119 Å². The van der Waals surface area contributed by atoms with Gasteiger partial charge in [-0.1, -0.05) is 6.92 Å². The molecule has 1 saturated heterocycles. The summed E-state index contributed by atoms with van der Waals surface area (Å²) in [4.78, 5) is 33.8. The molecule has 7 heteroatoms. The largest absolute Gasteiger partial charge is 0.480 e. The fourth-order valence-corrected chi connectivity index (χ4v) is 2.39. The molecule has 1 fully saturated rings. The second-order valence-electron chi connectivity index (χ2n) is 5.00. The van der Waals surface area contributed by atoms with Crippen LogP contribution in [0.1, 0.15) is 27.2 Å². The Hall–Kier alpha value is -1.63. The summed E-state index contributed by atoms with van der Waals surface area (Å²) in [6, 6.07) is -1.29. The molecule has 1 aliphatic heterocycles. The Morgan fingerprint density at radius 3 is 2.21 bits per heavy atom. The van der Waals surface area contributed by atoms with Crippen LogP contribution in [0.3, 0.4) is 0 Å². The van der Waals surface area contributed by atoms with Crippen LogP contribution in [-0.4, -0.2) is 41.1 Å². The first-order chi connectivity index (χ1) is 8.73. The number of carboxylic acid groups (broad SMARTS) is 1. The maximum Gasteiger partial charge on any atom is 0.326 e. The van der Waals surface area contributed by atoms with E-state index in [1.165, 1.54) is 0 Å². The molecule has 5 atom stereocenters. The molecule has 108 valence electrons. The Bertz CT molecular complexity index is 384. The van der Waals surface area contributed by atoms with Gasteiger partial charge >= 0.3 is 5.97 Å². The van der Waals surface area contributed by atoms with Crippen LogP contribution in [0.2, 0.25) is 0 Å². The first-order valence-corrected chi connectivity index (χ1v) is 6.21. The molecule has 7 nitrogen and oxygen atoms in total. The van der Waals surface area contributed by atoms with Crippen molar-refractivity contribution in [3.63, 3.8) is 0 Å². The van der Waals surface area contributed by atoms with Crippen LogP contribution in [0.4, 0.5) is 0 Å². The van der Waals surface area contributed by atoms with Crippen molar-refractivity contribution in [1.82, 2.24) is 5.32 Å². The molecule has 4 unspecified atom stereocenters. The molecule has 0 aromatic carbocycles. The lowest BCUT2D eigenvalue weighted by molar-refractivity contribution is -0.144. The van der Waals surface area contributed by atoms with Crippen LogP contribution in [-0.2, 0) is 19.1 Å². The Morgan fingerprint density at radius 2 is 1.84 bits per heavy atom. The van der Waals surface area contributed by atoms with Crippen molar-refractivity contribution in [2.24, 2.45) is 17.6 Å². The van der Waals surface area contributed by atoms with Crippen LogP contribution in [0, 0.1) is 11.8 Å². The average molecular weight is 272 g/mol. The highest BCUT2D eigenvalue weighted by Gasteiger charge is 2.42. The average Bonchev–Trinajstić information content (AvgIpc) is 2.51. The van der Waals surface area contributed by atoms with Crippen LogP contribution in [0.15, 0.2) is 0 Å². The molecule has 1 aliphatic rings. The minimum atomic E-state index is -1.29. The van der Waals surface area contributed by atoms with Crippen molar-refractivity contribution in [2.45, 2.75) is 45.4 Å². The van der Waals surface area contributed by atoms with E-state index < -0.39 is 36.2 Å². The summed E-state index contributed by atoms with van der Waals surface area (Å²) in [7, 11) is 0. The highest BCUT2D eigenvalue weighted by atomic mass is 16.5. The molecular weight excluding hydrogens is 252 g/mol. The van der Waals surface area contributed by atoms with Crippen LogP contribution in [0.5, 0.6) is 0 Å². The lowest BCUT2D eigenvalue weighted by Gasteiger charge is -2.20. The lowest BCUT2D eigenvalue weighted by Crippen LogP contribution is -2.47. The van der Waals surface area contributed by atoms with Gasteiger partial charge in [-0.15, -0.1) is 0 Å². The number of carbonyl (C=O) groups is 3. The summed E-state index contributed by atoms with van der Waals surface area (Å²) in [6.07, 6.45) is -0.773. The number of nitrogens with one attached hydrogen (secondary N) is 1. The van der Waals surface area contributed by atoms with E-state index in [0.29, 0.717) is 0 Å². The van der Waals surface area contributed by atoms with Gasteiger partial charge in [0.05, 0.1) is 24.5 Å². The highest BCUT2D eigenvalue weighted by molar-refractivity contribution is 5.89. The van der Waals surface area contributed by atoms with Gasteiger partial charge in [-0.3, -0.25) is 9.59 Å². The summed E-state index contributed by atoms with van der Waals surface area (Å²) in [6.45, 7) is 5.52. The van der Waals surface area contributed by atoms with Gasteiger partial charge in [0.15, 0.2) is 0 Å². The predicted octanol–water partition coefficient (Wildman–Crippen LogP) is -0.509. The van der Waals surface area contributed by atoms with Gasteiger partial charge in [0, 0.05) is 0 Å². The monoisotopic (exact) mass is 272 g/mol. The third kappa shape index (κ3) is 3.66. The predicted molar refractivity (Wildman–Crippen MR) is 66.0 cm³/mol. The van der Waals surface area contributed by atoms with E-state index in [0.717, 1.165) is 0 Å². The second kappa shape index (κ2) is 6.01. The minimum absolute atomic E-state index is 0.0157. The van der Waals surface area contributed by atoms with E-state index in [1.807, 2.05) is 13.8 Å². The number of amides is 2. The minimum Gasteiger partial charge on any atom is -0.480 e. The Balaban J connectivity index is 2.72. The SMILES string of the molecule is CC1OC(C)C(C(=O)N[C@H](CC(N)=O)C(=O)O)C1C.